The Morgan fingerprint density at radius 2 is 1.86 bits per heavy atom. The topological polar surface area (TPSA) is 61.7 Å². The predicted octanol–water partition coefficient (Wildman–Crippen LogP) is 1.56. The normalized spacial score (nSPS) is 14.8. The second kappa shape index (κ2) is 7.63. The maximum atomic E-state index is 12.0. The highest BCUT2D eigenvalue weighted by Crippen LogP contribution is 2.20. The van der Waals surface area contributed by atoms with Crippen molar-refractivity contribution in [2.24, 2.45) is 0 Å². The second-order valence-corrected chi connectivity index (χ2v) is 4.95. The molecule has 0 aromatic heterocycles. The minimum Gasteiger partial charge on any atom is -0.491 e. The summed E-state index contributed by atoms with van der Waals surface area (Å²) in [6, 6.07) is 5.64. The van der Waals surface area contributed by atoms with Crippen LogP contribution in [-0.4, -0.2) is 48.3 Å². The molecule has 1 aromatic rings. The first-order valence-corrected chi connectivity index (χ1v) is 6.53. The Labute approximate surface area is 121 Å². The molecule has 120 valence electrons. The zero-order chi connectivity index (χ0) is 16.0. The highest BCUT2D eigenvalue weighted by Gasteiger charge is 2.37. The number of nitrogens with one attached hydrogen (secondary N) is 1. The van der Waals surface area contributed by atoms with Gasteiger partial charge in [-0.1, -0.05) is 12.1 Å². The molecular formula is C14H20F3NO3. The van der Waals surface area contributed by atoms with Crippen molar-refractivity contribution in [3.05, 3.63) is 29.3 Å². The molecule has 4 nitrogen and oxygen atoms in total. The molecule has 7 heteroatoms. The van der Waals surface area contributed by atoms with Crippen LogP contribution >= 0.6 is 0 Å². The van der Waals surface area contributed by atoms with E-state index in [1.165, 1.54) is 0 Å². The van der Waals surface area contributed by atoms with E-state index in [-0.39, 0.29) is 13.2 Å². The van der Waals surface area contributed by atoms with Gasteiger partial charge in [-0.25, -0.2) is 0 Å². The summed E-state index contributed by atoms with van der Waals surface area (Å²) in [6.07, 6.45) is -8.07. The molecule has 0 aliphatic carbocycles. The van der Waals surface area contributed by atoms with Crippen molar-refractivity contribution < 1.29 is 28.1 Å². The summed E-state index contributed by atoms with van der Waals surface area (Å²) in [6.45, 7) is 2.96. The first kappa shape index (κ1) is 17.7. The molecule has 2 atom stereocenters. The van der Waals surface area contributed by atoms with Crippen LogP contribution in [0.5, 0.6) is 5.75 Å². The summed E-state index contributed by atoms with van der Waals surface area (Å²) in [7, 11) is 0. The van der Waals surface area contributed by atoms with E-state index >= 15 is 0 Å². The molecule has 0 heterocycles. The molecule has 0 amide bonds. The van der Waals surface area contributed by atoms with Gasteiger partial charge in [0.25, 0.3) is 0 Å². The van der Waals surface area contributed by atoms with Crippen LogP contribution < -0.4 is 10.1 Å². The third-order valence-corrected chi connectivity index (χ3v) is 2.87. The van der Waals surface area contributed by atoms with Crippen LogP contribution in [0.2, 0.25) is 0 Å². The molecule has 0 saturated heterocycles. The lowest BCUT2D eigenvalue weighted by Crippen LogP contribution is -2.41. The molecule has 21 heavy (non-hydrogen) atoms. The zero-order valence-electron chi connectivity index (χ0n) is 11.9. The molecule has 3 N–H and O–H groups in total. The SMILES string of the molecule is Cc1ccc(C)c(OCC(O)CNCC(O)C(F)(F)F)c1. The van der Waals surface area contributed by atoms with Crippen molar-refractivity contribution in [1.29, 1.82) is 0 Å². The van der Waals surface area contributed by atoms with Crippen molar-refractivity contribution in [3.63, 3.8) is 0 Å². The highest BCUT2D eigenvalue weighted by molar-refractivity contribution is 5.35. The molecule has 0 aliphatic rings. The van der Waals surface area contributed by atoms with Crippen LogP contribution in [0.15, 0.2) is 18.2 Å². The van der Waals surface area contributed by atoms with E-state index in [4.69, 9.17) is 9.84 Å². The molecule has 0 fully saturated rings. The van der Waals surface area contributed by atoms with Crippen LogP contribution in [0.3, 0.4) is 0 Å². The van der Waals surface area contributed by atoms with Crippen molar-refractivity contribution in [1.82, 2.24) is 5.32 Å². The number of aliphatic hydroxyl groups is 2. The Hall–Kier alpha value is -1.31. The van der Waals surface area contributed by atoms with Gasteiger partial charge in [0.05, 0.1) is 0 Å². The van der Waals surface area contributed by atoms with Gasteiger partial charge in [0, 0.05) is 13.1 Å². The molecule has 1 aromatic carbocycles. The fourth-order valence-electron chi connectivity index (χ4n) is 1.61. The molecule has 0 bridgehead atoms. The Morgan fingerprint density at radius 1 is 1.19 bits per heavy atom. The molecular weight excluding hydrogens is 287 g/mol. The van der Waals surface area contributed by atoms with Crippen LogP contribution in [0.4, 0.5) is 13.2 Å². The van der Waals surface area contributed by atoms with E-state index in [1.807, 2.05) is 32.0 Å². The van der Waals surface area contributed by atoms with Gasteiger partial charge in [-0.3, -0.25) is 0 Å². The van der Waals surface area contributed by atoms with Crippen molar-refractivity contribution in [3.8, 4) is 5.75 Å². The molecule has 0 aliphatic heterocycles. The second-order valence-electron chi connectivity index (χ2n) is 4.95. The minimum absolute atomic E-state index is 0.0423. The fraction of sp³-hybridized carbons (Fsp3) is 0.571. The van der Waals surface area contributed by atoms with Crippen molar-refractivity contribution >= 4 is 0 Å². The number of rotatable bonds is 7. The third kappa shape index (κ3) is 6.33. The monoisotopic (exact) mass is 307 g/mol. The van der Waals surface area contributed by atoms with E-state index in [2.05, 4.69) is 5.32 Å². The summed E-state index contributed by atoms with van der Waals surface area (Å²) in [5, 5.41) is 20.8. The first-order valence-electron chi connectivity index (χ1n) is 6.53. The van der Waals surface area contributed by atoms with Gasteiger partial charge in [-0.05, 0) is 31.0 Å². The third-order valence-electron chi connectivity index (χ3n) is 2.87. The minimum atomic E-state index is -4.66. The van der Waals surface area contributed by atoms with Gasteiger partial charge >= 0.3 is 6.18 Å². The number of aliphatic hydroxyl groups excluding tert-OH is 2. The quantitative estimate of drug-likeness (QED) is 0.715. The van der Waals surface area contributed by atoms with Crippen LogP contribution in [0, 0.1) is 13.8 Å². The number of aryl methyl sites for hydroxylation is 2. The Morgan fingerprint density at radius 3 is 2.48 bits per heavy atom. The average molecular weight is 307 g/mol. The lowest BCUT2D eigenvalue weighted by Gasteiger charge is -2.18. The summed E-state index contributed by atoms with van der Waals surface area (Å²) >= 11 is 0. The molecule has 1 rings (SSSR count). The van der Waals surface area contributed by atoms with Crippen molar-refractivity contribution in [2.45, 2.75) is 32.2 Å². The summed E-state index contributed by atoms with van der Waals surface area (Å²) < 4.78 is 41.6. The molecule has 0 spiro atoms. The van der Waals surface area contributed by atoms with E-state index < -0.39 is 24.9 Å². The summed E-state index contributed by atoms with van der Waals surface area (Å²) in [4.78, 5) is 0. The lowest BCUT2D eigenvalue weighted by molar-refractivity contribution is -0.202. The van der Waals surface area contributed by atoms with Gasteiger partial charge < -0.3 is 20.3 Å². The standard InChI is InChI=1S/C14H20F3NO3/c1-9-3-4-10(2)12(5-9)21-8-11(19)6-18-7-13(20)14(15,16)17/h3-5,11,13,18-20H,6-8H2,1-2H3. The molecule has 2 unspecified atom stereocenters. The zero-order valence-corrected chi connectivity index (χ0v) is 11.9. The Balaban J connectivity index is 2.31. The van der Waals surface area contributed by atoms with Gasteiger partial charge in [-0.2, -0.15) is 13.2 Å². The van der Waals surface area contributed by atoms with Crippen LogP contribution in [-0.2, 0) is 0 Å². The number of hydrogen-bond donors (Lipinski definition) is 3. The lowest BCUT2D eigenvalue weighted by atomic mass is 10.1. The molecule has 0 saturated carbocycles. The van der Waals surface area contributed by atoms with Crippen LogP contribution in [0.25, 0.3) is 0 Å². The summed E-state index contributed by atoms with van der Waals surface area (Å²) in [5.74, 6) is 0.629. The fourth-order valence-corrected chi connectivity index (χ4v) is 1.61. The predicted molar refractivity (Wildman–Crippen MR) is 72.3 cm³/mol. The maximum absolute atomic E-state index is 12.0. The smallest absolute Gasteiger partial charge is 0.415 e. The Kier molecular flexibility index (Phi) is 6.44. The number of hydrogen-bond acceptors (Lipinski definition) is 4. The number of ether oxygens (including phenoxy) is 1. The highest BCUT2D eigenvalue weighted by atomic mass is 19.4. The van der Waals surface area contributed by atoms with E-state index in [0.29, 0.717) is 5.75 Å². The number of benzene rings is 1. The van der Waals surface area contributed by atoms with E-state index in [1.54, 1.807) is 0 Å². The maximum Gasteiger partial charge on any atom is 0.415 e. The van der Waals surface area contributed by atoms with Gasteiger partial charge in [-0.15, -0.1) is 0 Å². The van der Waals surface area contributed by atoms with Gasteiger partial charge in [0.2, 0.25) is 0 Å². The van der Waals surface area contributed by atoms with E-state index in [0.717, 1.165) is 11.1 Å². The van der Waals surface area contributed by atoms with Gasteiger partial charge in [0.1, 0.15) is 18.5 Å². The van der Waals surface area contributed by atoms with Crippen molar-refractivity contribution in [2.75, 3.05) is 19.7 Å². The van der Waals surface area contributed by atoms with Crippen LogP contribution in [0.1, 0.15) is 11.1 Å². The number of alkyl halides is 3. The van der Waals surface area contributed by atoms with Gasteiger partial charge in [0.15, 0.2) is 6.10 Å². The number of halogens is 3. The summed E-state index contributed by atoms with van der Waals surface area (Å²) in [5.41, 5.74) is 1.92. The molecule has 0 radical (unpaired) electrons. The average Bonchev–Trinajstić information content (AvgIpc) is 2.38. The first-order chi connectivity index (χ1) is 9.70. The van der Waals surface area contributed by atoms with E-state index in [9.17, 15) is 18.3 Å². The Bertz CT molecular complexity index is 452. The largest absolute Gasteiger partial charge is 0.491 e.